The van der Waals surface area contributed by atoms with Crippen molar-refractivity contribution in [3.8, 4) is 0 Å². The number of benzene rings is 2. The lowest BCUT2D eigenvalue weighted by molar-refractivity contribution is 0.0526. The Bertz CT molecular complexity index is 511. The third kappa shape index (κ3) is 4.66. The van der Waals surface area contributed by atoms with Crippen molar-refractivity contribution in [2.24, 2.45) is 0 Å². The maximum atomic E-state index is 11.5. The maximum Gasteiger partial charge on any atom is 0.338 e. The minimum atomic E-state index is -0.257. The molecule has 100 valence electrons. The second kappa shape index (κ2) is 7.93. The molecule has 0 aromatic heterocycles. The van der Waals surface area contributed by atoms with Crippen LogP contribution in [0, 0.1) is 0 Å². The van der Waals surface area contributed by atoms with Gasteiger partial charge in [-0.2, -0.15) is 0 Å². The molecule has 0 fully saturated rings. The van der Waals surface area contributed by atoms with Crippen LogP contribution in [0.25, 0.3) is 0 Å². The van der Waals surface area contributed by atoms with E-state index in [0.717, 1.165) is 0 Å². The van der Waals surface area contributed by atoms with Gasteiger partial charge in [0, 0.05) is 0 Å². The van der Waals surface area contributed by atoms with Gasteiger partial charge >= 0.3 is 5.97 Å². The van der Waals surface area contributed by atoms with Crippen LogP contribution >= 0.6 is 21.0 Å². The van der Waals surface area contributed by atoms with Gasteiger partial charge in [-0.1, -0.05) is 51.0 Å². The first kappa shape index (κ1) is 15.7. The molecule has 0 heterocycles. The summed E-state index contributed by atoms with van der Waals surface area (Å²) in [5.41, 5.74) is 0.610. The van der Waals surface area contributed by atoms with Gasteiger partial charge in [0.05, 0.1) is 12.2 Å². The van der Waals surface area contributed by atoms with Gasteiger partial charge in [0.1, 0.15) is 0 Å². The topological polar surface area (TPSA) is 26.3 Å². The first-order chi connectivity index (χ1) is 8.79. The molecular formula is C15H16ClO2P. The highest BCUT2D eigenvalue weighted by Crippen LogP contribution is 2.11. The van der Waals surface area contributed by atoms with Crippen LogP contribution < -0.4 is 10.6 Å². The van der Waals surface area contributed by atoms with Gasteiger partial charge in [-0.3, -0.25) is 0 Å². The molecule has 2 rings (SSSR count). The van der Waals surface area contributed by atoms with Crippen LogP contribution in [0.2, 0.25) is 0 Å². The smallest absolute Gasteiger partial charge is 0.338 e. The van der Waals surface area contributed by atoms with Crippen LogP contribution in [0.1, 0.15) is 17.3 Å². The zero-order valence-corrected chi connectivity index (χ0v) is 12.4. The Hall–Kier alpha value is -1.37. The molecule has 2 nitrogen and oxygen atoms in total. The second-order valence-corrected chi connectivity index (χ2v) is 5.19. The van der Waals surface area contributed by atoms with E-state index in [4.69, 9.17) is 4.74 Å². The Morgan fingerprint density at radius 1 is 1.00 bits per heavy atom. The summed E-state index contributed by atoms with van der Waals surface area (Å²) in [7, 11) is 0.615. The molecule has 0 aliphatic carbocycles. The molecule has 1 unspecified atom stereocenters. The van der Waals surface area contributed by atoms with E-state index < -0.39 is 0 Å². The third-order valence-electron chi connectivity index (χ3n) is 2.46. The molecule has 0 aliphatic rings. The Morgan fingerprint density at radius 3 is 2.16 bits per heavy atom. The van der Waals surface area contributed by atoms with E-state index in [1.165, 1.54) is 10.6 Å². The van der Waals surface area contributed by atoms with E-state index in [-0.39, 0.29) is 18.4 Å². The SMILES string of the molecule is CCOC(=O)c1ccc(Pc2ccccc2)cc1.Cl. The molecule has 4 heteroatoms. The van der Waals surface area contributed by atoms with Crippen molar-refractivity contribution < 1.29 is 9.53 Å². The van der Waals surface area contributed by atoms with Crippen molar-refractivity contribution >= 4 is 37.6 Å². The van der Waals surface area contributed by atoms with Gasteiger partial charge in [0.2, 0.25) is 0 Å². The van der Waals surface area contributed by atoms with E-state index in [1.807, 2.05) is 49.4 Å². The predicted octanol–water partition coefficient (Wildman–Crippen LogP) is 2.91. The fourth-order valence-electron chi connectivity index (χ4n) is 1.59. The number of halogens is 1. The Labute approximate surface area is 121 Å². The van der Waals surface area contributed by atoms with Gasteiger partial charge in [-0.25, -0.2) is 4.79 Å². The van der Waals surface area contributed by atoms with E-state index in [1.54, 1.807) is 0 Å². The number of carbonyl (C=O) groups excluding carboxylic acids is 1. The van der Waals surface area contributed by atoms with Crippen LogP contribution in [-0.2, 0) is 4.74 Å². The van der Waals surface area contributed by atoms with Gasteiger partial charge < -0.3 is 4.74 Å². The highest BCUT2D eigenvalue weighted by molar-refractivity contribution is 7.55. The largest absolute Gasteiger partial charge is 0.462 e. The molecule has 0 saturated heterocycles. The first-order valence-electron chi connectivity index (χ1n) is 5.89. The fraction of sp³-hybridized carbons (Fsp3) is 0.133. The van der Waals surface area contributed by atoms with Crippen LogP contribution in [-0.4, -0.2) is 12.6 Å². The summed E-state index contributed by atoms with van der Waals surface area (Å²) in [6, 6.07) is 17.9. The Kier molecular flexibility index (Phi) is 6.55. The van der Waals surface area contributed by atoms with Crippen molar-refractivity contribution in [1.29, 1.82) is 0 Å². The molecule has 0 amide bonds. The van der Waals surface area contributed by atoms with E-state index >= 15 is 0 Å². The van der Waals surface area contributed by atoms with Crippen LogP contribution in [0.4, 0.5) is 0 Å². The molecule has 2 aromatic carbocycles. The van der Waals surface area contributed by atoms with Crippen molar-refractivity contribution in [2.75, 3.05) is 6.61 Å². The van der Waals surface area contributed by atoms with Gasteiger partial charge in [-0.15, -0.1) is 12.4 Å². The zero-order valence-electron chi connectivity index (χ0n) is 10.6. The molecule has 0 aliphatic heterocycles. The van der Waals surface area contributed by atoms with Gasteiger partial charge in [0.25, 0.3) is 0 Å². The fourth-order valence-corrected chi connectivity index (χ4v) is 2.62. The minimum Gasteiger partial charge on any atom is -0.462 e. The molecule has 0 saturated carbocycles. The molecule has 19 heavy (non-hydrogen) atoms. The van der Waals surface area contributed by atoms with E-state index in [0.29, 0.717) is 20.8 Å². The normalized spacial score (nSPS) is 10.2. The number of rotatable bonds is 4. The highest BCUT2D eigenvalue weighted by Gasteiger charge is 2.05. The molecule has 0 spiro atoms. The quantitative estimate of drug-likeness (QED) is 0.640. The first-order valence-corrected chi connectivity index (χ1v) is 6.89. The summed E-state index contributed by atoms with van der Waals surface area (Å²) >= 11 is 0. The molecule has 2 aromatic rings. The lowest BCUT2D eigenvalue weighted by Crippen LogP contribution is -2.07. The summed E-state index contributed by atoms with van der Waals surface area (Å²) < 4.78 is 4.95. The molecule has 0 bridgehead atoms. The van der Waals surface area contributed by atoms with Gasteiger partial charge in [-0.05, 0) is 29.7 Å². The van der Waals surface area contributed by atoms with Crippen molar-refractivity contribution in [1.82, 2.24) is 0 Å². The number of hydrogen-bond acceptors (Lipinski definition) is 2. The van der Waals surface area contributed by atoms with Crippen molar-refractivity contribution in [3.05, 3.63) is 60.2 Å². The average Bonchev–Trinajstić information content (AvgIpc) is 2.41. The minimum absolute atomic E-state index is 0. The van der Waals surface area contributed by atoms with Crippen molar-refractivity contribution in [2.45, 2.75) is 6.92 Å². The number of hydrogen-bond donors (Lipinski definition) is 0. The van der Waals surface area contributed by atoms with E-state index in [2.05, 4.69) is 12.1 Å². The van der Waals surface area contributed by atoms with E-state index in [9.17, 15) is 4.79 Å². The number of esters is 1. The van der Waals surface area contributed by atoms with Crippen LogP contribution in [0.15, 0.2) is 54.6 Å². The Balaban J connectivity index is 0.00000180. The monoisotopic (exact) mass is 294 g/mol. The molecule has 1 atom stereocenters. The summed E-state index contributed by atoms with van der Waals surface area (Å²) in [5, 5.41) is 2.51. The molecular weight excluding hydrogens is 279 g/mol. The van der Waals surface area contributed by atoms with Crippen LogP contribution in [0.3, 0.4) is 0 Å². The second-order valence-electron chi connectivity index (χ2n) is 3.79. The summed E-state index contributed by atoms with van der Waals surface area (Å²) in [6.45, 7) is 2.22. The van der Waals surface area contributed by atoms with Crippen LogP contribution in [0.5, 0.6) is 0 Å². The Morgan fingerprint density at radius 2 is 1.58 bits per heavy atom. The maximum absolute atomic E-state index is 11.5. The van der Waals surface area contributed by atoms with Crippen molar-refractivity contribution in [3.63, 3.8) is 0 Å². The lowest BCUT2D eigenvalue weighted by Gasteiger charge is -2.04. The number of ether oxygens (including phenoxy) is 1. The lowest BCUT2D eigenvalue weighted by atomic mass is 10.2. The number of carbonyl (C=O) groups is 1. The third-order valence-corrected chi connectivity index (χ3v) is 3.70. The summed E-state index contributed by atoms with van der Waals surface area (Å²) in [6.07, 6.45) is 0. The predicted molar refractivity (Wildman–Crippen MR) is 83.7 cm³/mol. The summed E-state index contributed by atoms with van der Waals surface area (Å²) in [4.78, 5) is 11.5. The standard InChI is InChI=1S/C15H15O2P.ClH/c1-2-17-15(16)12-8-10-14(11-9-12)18-13-6-4-3-5-7-13;/h3-11,18H,2H2,1H3;1H. The highest BCUT2D eigenvalue weighted by atomic mass is 35.5. The molecule has 0 N–H and O–H groups in total. The zero-order chi connectivity index (χ0) is 12.8. The average molecular weight is 295 g/mol. The summed E-state index contributed by atoms with van der Waals surface area (Å²) in [5.74, 6) is -0.257. The van der Waals surface area contributed by atoms with Gasteiger partial charge in [0.15, 0.2) is 0 Å². The molecule has 0 radical (unpaired) electrons.